The second-order valence-corrected chi connectivity index (χ2v) is 6.71. The van der Waals surface area contributed by atoms with E-state index in [1.165, 1.54) is 12.4 Å². The topological polar surface area (TPSA) is 86.9 Å². The van der Waals surface area contributed by atoms with Crippen LogP contribution in [0.4, 0.5) is 5.82 Å². The second-order valence-electron chi connectivity index (χ2n) is 4.11. The van der Waals surface area contributed by atoms with Crippen LogP contribution in [-0.2, 0) is 16.6 Å². The van der Waals surface area contributed by atoms with E-state index in [4.69, 9.17) is 0 Å². The van der Waals surface area contributed by atoms with E-state index in [0.29, 0.717) is 6.54 Å². The molecule has 2 rings (SSSR count). The highest BCUT2D eigenvalue weighted by Gasteiger charge is 2.16. The molecular formula is C12H15BrN4O2S. The number of halogens is 1. The van der Waals surface area contributed by atoms with Gasteiger partial charge in [-0.15, -0.1) is 0 Å². The fraction of sp³-hybridized carbons (Fsp3) is 0.250. The highest BCUT2D eigenvalue weighted by molar-refractivity contribution is 9.10. The third kappa shape index (κ3) is 3.81. The lowest BCUT2D eigenvalue weighted by molar-refractivity contribution is 0.601. The monoisotopic (exact) mass is 358 g/mol. The van der Waals surface area contributed by atoms with Crippen LogP contribution in [0.1, 0.15) is 12.6 Å². The summed E-state index contributed by atoms with van der Waals surface area (Å²) in [6, 6.07) is 4.91. The smallest absolute Gasteiger partial charge is 0.264 e. The molecule has 8 heteroatoms. The Kier molecular flexibility index (Phi) is 4.79. The van der Waals surface area contributed by atoms with Gasteiger partial charge >= 0.3 is 0 Å². The van der Waals surface area contributed by atoms with E-state index in [1.54, 1.807) is 18.2 Å². The van der Waals surface area contributed by atoms with Crippen LogP contribution >= 0.6 is 15.9 Å². The fourth-order valence-electron chi connectivity index (χ4n) is 1.57. The van der Waals surface area contributed by atoms with Gasteiger partial charge in [0.15, 0.2) is 0 Å². The lowest BCUT2D eigenvalue weighted by atomic mass is 10.4. The number of nitrogens with one attached hydrogen (secondary N) is 3. The Morgan fingerprint density at radius 2 is 2.20 bits per heavy atom. The zero-order chi connectivity index (χ0) is 14.6. The molecule has 20 heavy (non-hydrogen) atoms. The molecule has 0 aliphatic carbocycles. The fourth-order valence-corrected chi connectivity index (χ4v) is 2.83. The van der Waals surface area contributed by atoms with Crippen LogP contribution in [0.5, 0.6) is 0 Å². The molecule has 0 atom stereocenters. The van der Waals surface area contributed by atoms with Crippen molar-refractivity contribution in [3.8, 4) is 0 Å². The van der Waals surface area contributed by atoms with E-state index < -0.39 is 10.0 Å². The maximum Gasteiger partial charge on any atom is 0.264 e. The van der Waals surface area contributed by atoms with Crippen molar-refractivity contribution in [3.63, 3.8) is 0 Å². The minimum Gasteiger partial charge on any atom is -0.363 e. The summed E-state index contributed by atoms with van der Waals surface area (Å²) < 4.78 is 27.6. The van der Waals surface area contributed by atoms with Crippen molar-refractivity contribution in [2.75, 3.05) is 11.3 Å². The Labute approximate surface area is 126 Å². The first kappa shape index (κ1) is 15.0. The molecule has 0 unspecified atom stereocenters. The molecule has 2 aromatic rings. The lowest BCUT2D eigenvalue weighted by Crippen LogP contribution is -2.13. The third-order valence-electron chi connectivity index (χ3n) is 2.56. The molecule has 2 aromatic heterocycles. The Balaban J connectivity index is 2.13. The molecule has 0 bridgehead atoms. The Morgan fingerprint density at radius 1 is 1.40 bits per heavy atom. The largest absolute Gasteiger partial charge is 0.363 e. The van der Waals surface area contributed by atoms with Crippen molar-refractivity contribution in [2.24, 2.45) is 0 Å². The second kappa shape index (κ2) is 6.38. The van der Waals surface area contributed by atoms with Gasteiger partial charge in [0.2, 0.25) is 0 Å². The van der Waals surface area contributed by atoms with Gasteiger partial charge in [0.25, 0.3) is 10.0 Å². The average Bonchev–Trinajstić information content (AvgIpc) is 2.88. The number of aromatic amines is 1. The predicted octanol–water partition coefficient (Wildman–Crippen LogP) is 2.08. The van der Waals surface area contributed by atoms with Gasteiger partial charge in [0, 0.05) is 29.1 Å². The van der Waals surface area contributed by atoms with Gasteiger partial charge in [0.05, 0.1) is 0 Å². The van der Waals surface area contributed by atoms with E-state index in [2.05, 4.69) is 35.9 Å². The number of sulfonamides is 1. The van der Waals surface area contributed by atoms with Crippen LogP contribution in [0.2, 0.25) is 0 Å². The summed E-state index contributed by atoms with van der Waals surface area (Å²) in [6.07, 6.45) is 3.00. The van der Waals surface area contributed by atoms with Crippen molar-refractivity contribution in [1.29, 1.82) is 0 Å². The molecule has 0 radical (unpaired) electrons. The first-order chi connectivity index (χ1) is 9.51. The highest BCUT2D eigenvalue weighted by Crippen LogP contribution is 2.17. The first-order valence-electron chi connectivity index (χ1n) is 6.03. The van der Waals surface area contributed by atoms with Gasteiger partial charge in [0.1, 0.15) is 10.7 Å². The number of anilines is 1. The highest BCUT2D eigenvalue weighted by atomic mass is 79.9. The number of H-pyrrole nitrogens is 1. The Bertz CT molecular complexity index is 667. The molecular weight excluding hydrogens is 344 g/mol. The van der Waals surface area contributed by atoms with E-state index in [9.17, 15) is 8.42 Å². The quantitative estimate of drug-likeness (QED) is 0.737. The number of hydrogen-bond acceptors (Lipinski definition) is 4. The summed E-state index contributed by atoms with van der Waals surface area (Å²) in [6.45, 7) is 3.41. The van der Waals surface area contributed by atoms with Crippen LogP contribution in [0.25, 0.3) is 0 Å². The number of nitrogens with zero attached hydrogens (tertiary/aromatic N) is 1. The van der Waals surface area contributed by atoms with Crippen LogP contribution in [0.15, 0.2) is 40.0 Å². The summed E-state index contributed by atoms with van der Waals surface area (Å²) in [5.74, 6) is 0.280. The average molecular weight is 359 g/mol. The van der Waals surface area contributed by atoms with Gasteiger partial charge < -0.3 is 10.3 Å². The van der Waals surface area contributed by atoms with Gasteiger partial charge in [-0.25, -0.2) is 13.4 Å². The number of rotatable bonds is 6. The third-order valence-corrected chi connectivity index (χ3v) is 4.36. The number of hydrogen-bond donors (Lipinski definition) is 3. The van der Waals surface area contributed by atoms with E-state index in [-0.39, 0.29) is 10.7 Å². The summed E-state index contributed by atoms with van der Waals surface area (Å²) in [5, 5.41) is 3.12. The van der Waals surface area contributed by atoms with Crippen molar-refractivity contribution in [2.45, 2.75) is 18.4 Å². The maximum atomic E-state index is 12.2. The molecule has 0 spiro atoms. The molecule has 0 saturated carbocycles. The van der Waals surface area contributed by atoms with Crippen molar-refractivity contribution in [1.82, 2.24) is 15.3 Å². The lowest BCUT2D eigenvalue weighted by Gasteiger charge is -2.05. The Morgan fingerprint density at radius 3 is 2.85 bits per heavy atom. The van der Waals surface area contributed by atoms with E-state index >= 15 is 0 Å². The van der Waals surface area contributed by atoms with Gasteiger partial charge in [-0.2, -0.15) is 0 Å². The van der Waals surface area contributed by atoms with Crippen molar-refractivity contribution in [3.05, 3.63) is 40.8 Å². The summed E-state index contributed by atoms with van der Waals surface area (Å²) in [5.41, 5.74) is 0.816. The van der Waals surface area contributed by atoms with Crippen LogP contribution in [0, 0.1) is 0 Å². The SMILES string of the molecule is CCNCc1cc(S(=O)(=O)Nc2ccc(Br)cn2)c[nH]1. The van der Waals surface area contributed by atoms with Gasteiger partial charge in [-0.1, -0.05) is 6.92 Å². The minimum absolute atomic E-state index is 0.190. The van der Waals surface area contributed by atoms with E-state index in [0.717, 1.165) is 16.7 Å². The zero-order valence-electron chi connectivity index (χ0n) is 10.9. The van der Waals surface area contributed by atoms with Gasteiger partial charge in [-0.3, -0.25) is 4.72 Å². The summed E-state index contributed by atoms with van der Waals surface area (Å²) in [7, 11) is -3.62. The number of aromatic nitrogens is 2. The zero-order valence-corrected chi connectivity index (χ0v) is 13.3. The van der Waals surface area contributed by atoms with Crippen molar-refractivity contribution < 1.29 is 8.42 Å². The normalized spacial score (nSPS) is 11.5. The molecule has 108 valence electrons. The molecule has 0 fully saturated rings. The summed E-state index contributed by atoms with van der Waals surface area (Å²) >= 11 is 3.25. The maximum absolute atomic E-state index is 12.2. The predicted molar refractivity (Wildman–Crippen MR) is 80.9 cm³/mol. The first-order valence-corrected chi connectivity index (χ1v) is 8.31. The van der Waals surface area contributed by atoms with Crippen LogP contribution in [0.3, 0.4) is 0 Å². The van der Waals surface area contributed by atoms with Crippen LogP contribution < -0.4 is 10.0 Å². The van der Waals surface area contributed by atoms with Gasteiger partial charge in [-0.05, 0) is 40.7 Å². The molecule has 0 aliphatic heterocycles. The molecule has 6 nitrogen and oxygen atoms in total. The molecule has 0 saturated heterocycles. The standard InChI is InChI=1S/C12H15BrN4O2S/c1-2-14-7-10-5-11(8-15-10)20(18,19)17-12-4-3-9(13)6-16-12/h3-6,8,14-15H,2,7H2,1H3,(H,16,17). The van der Waals surface area contributed by atoms with E-state index in [1.807, 2.05) is 6.92 Å². The van der Waals surface area contributed by atoms with Crippen LogP contribution in [-0.4, -0.2) is 24.9 Å². The molecule has 0 amide bonds. The van der Waals surface area contributed by atoms with Crippen molar-refractivity contribution >= 4 is 31.8 Å². The number of pyridine rings is 1. The Hall–Kier alpha value is -1.38. The molecule has 2 heterocycles. The molecule has 0 aromatic carbocycles. The minimum atomic E-state index is -3.62. The molecule has 0 aliphatic rings. The molecule has 3 N–H and O–H groups in total. The summed E-state index contributed by atoms with van der Waals surface area (Å²) in [4.78, 5) is 7.11.